The van der Waals surface area contributed by atoms with E-state index in [1.165, 1.54) is 12.8 Å². The molecule has 2 aromatic rings. The topological polar surface area (TPSA) is 37.2 Å². The number of rotatable bonds is 4. The van der Waals surface area contributed by atoms with Crippen LogP contribution < -0.4 is 4.90 Å². The first-order chi connectivity index (χ1) is 10.2. The number of imidazole rings is 1. The molecule has 0 amide bonds. The molecule has 0 N–H and O–H groups in total. The van der Waals surface area contributed by atoms with Crippen molar-refractivity contribution in [2.24, 2.45) is 7.05 Å². The van der Waals surface area contributed by atoms with E-state index in [1.54, 1.807) is 0 Å². The first-order valence-electron chi connectivity index (χ1n) is 7.56. The van der Waals surface area contributed by atoms with Gasteiger partial charge in [-0.05, 0) is 32.0 Å². The molecule has 0 radical (unpaired) electrons. The van der Waals surface area contributed by atoms with Crippen molar-refractivity contribution in [3.63, 3.8) is 0 Å². The number of hydrogen-bond acceptors (Lipinski definition) is 4. The molecule has 1 fully saturated rings. The van der Waals surface area contributed by atoms with Crippen LogP contribution in [-0.4, -0.2) is 45.6 Å². The highest BCUT2D eigenvalue weighted by atomic mass is 15.3. The predicted molar refractivity (Wildman–Crippen MR) is 84.1 cm³/mol. The van der Waals surface area contributed by atoms with Gasteiger partial charge >= 0.3 is 0 Å². The van der Waals surface area contributed by atoms with Crippen molar-refractivity contribution in [1.82, 2.24) is 19.4 Å². The van der Waals surface area contributed by atoms with Crippen molar-refractivity contribution in [1.29, 1.82) is 0 Å². The average molecular weight is 285 g/mol. The molecule has 0 aliphatic carbocycles. The van der Waals surface area contributed by atoms with E-state index >= 15 is 0 Å². The monoisotopic (exact) mass is 285 g/mol. The third-order valence-corrected chi connectivity index (χ3v) is 4.30. The predicted octanol–water partition coefficient (Wildman–Crippen LogP) is 1.92. The minimum Gasteiger partial charge on any atom is -0.355 e. The van der Waals surface area contributed by atoms with E-state index in [1.807, 2.05) is 24.7 Å². The van der Waals surface area contributed by atoms with Crippen LogP contribution in [0.4, 0.5) is 5.82 Å². The number of hydrogen-bond donors (Lipinski definition) is 0. The molecule has 1 aliphatic rings. The summed E-state index contributed by atoms with van der Waals surface area (Å²) in [6.45, 7) is 3.03. The SMILES string of the molecule is CN(Cc1nccn1C)[C@@H]1CCCN(c2ccccn2)C1. The van der Waals surface area contributed by atoms with Gasteiger partial charge < -0.3 is 9.47 Å². The maximum absolute atomic E-state index is 4.48. The summed E-state index contributed by atoms with van der Waals surface area (Å²) in [5.74, 6) is 2.21. The van der Waals surface area contributed by atoms with E-state index in [-0.39, 0.29) is 0 Å². The largest absolute Gasteiger partial charge is 0.355 e. The Kier molecular flexibility index (Phi) is 4.20. The van der Waals surface area contributed by atoms with Gasteiger partial charge in [-0.2, -0.15) is 0 Å². The molecule has 1 aliphatic heterocycles. The van der Waals surface area contributed by atoms with Crippen LogP contribution in [0.5, 0.6) is 0 Å². The lowest BCUT2D eigenvalue weighted by Gasteiger charge is -2.38. The van der Waals surface area contributed by atoms with Crippen LogP contribution >= 0.6 is 0 Å². The summed E-state index contributed by atoms with van der Waals surface area (Å²) in [6.07, 6.45) is 8.20. The molecule has 5 heteroatoms. The summed E-state index contributed by atoms with van der Waals surface area (Å²) >= 11 is 0. The molecule has 3 rings (SSSR count). The molecule has 0 unspecified atom stereocenters. The second-order valence-electron chi connectivity index (χ2n) is 5.80. The molecule has 0 saturated carbocycles. The highest BCUT2D eigenvalue weighted by Gasteiger charge is 2.24. The van der Waals surface area contributed by atoms with Crippen LogP contribution in [0.25, 0.3) is 0 Å². The minimum absolute atomic E-state index is 0.553. The van der Waals surface area contributed by atoms with Crippen LogP contribution in [0.1, 0.15) is 18.7 Å². The Bertz CT molecular complexity index is 565. The summed E-state index contributed by atoms with van der Waals surface area (Å²) in [5.41, 5.74) is 0. The number of aryl methyl sites for hydroxylation is 1. The standard InChI is InChI=1S/C16H23N5/c1-19-11-9-18-16(19)13-20(2)14-6-5-10-21(12-14)15-7-3-4-8-17-15/h3-4,7-9,11,14H,5-6,10,12-13H2,1-2H3/t14-/m1/s1. The number of likely N-dealkylation sites (N-methyl/N-ethyl adjacent to an activating group) is 1. The molecule has 1 atom stereocenters. The molecular formula is C16H23N5. The molecule has 0 aromatic carbocycles. The Hall–Kier alpha value is -1.88. The Morgan fingerprint density at radius 2 is 2.19 bits per heavy atom. The van der Waals surface area contributed by atoms with Gasteiger partial charge in [-0.25, -0.2) is 9.97 Å². The minimum atomic E-state index is 0.553. The zero-order chi connectivity index (χ0) is 14.7. The normalized spacial score (nSPS) is 19.2. The van der Waals surface area contributed by atoms with E-state index < -0.39 is 0 Å². The average Bonchev–Trinajstić information content (AvgIpc) is 2.93. The van der Waals surface area contributed by atoms with Gasteiger partial charge in [0.1, 0.15) is 11.6 Å². The second-order valence-corrected chi connectivity index (χ2v) is 5.80. The van der Waals surface area contributed by atoms with Gasteiger partial charge in [0.15, 0.2) is 0 Å². The van der Waals surface area contributed by atoms with Gasteiger partial charge in [-0.1, -0.05) is 6.07 Å². The lowest BCUT2D eigenvalue weighted by Crippen LogP contribution is -2.46. The number of nitrogens with zero attached hydrogens (tertiary/aromatic N) is 5. The molecule has 0 spiro atoms. The van der Waals surface area contributed by atoms with Crippen molar-refractivity contribution in [2.45, 2.75) is 25.4 Å². The Morgan fingerprint density at radius 1 is 1.29 bits per heavy atom. The van der Waals surface area contributed by atoms with Crippen LogP contribution in [0, 0.1) is 0 Å². The van der Waals surface area contributed by atoms with E-state index in [0.29, 0.717) is 6.04 Å². The molecule has 2 aromatic heterocycles. The molecule has 112 valence electrons. The molecule has 3 heterocycles. The molecule has 0 bridgehead atoms. The third kappa shape index (κ3) is 3.24. The zero-order valence-corrected chi connectivity index (χ0v) is 12.8. The maximum atomic E-state index is 4.48. The Labute approximate surface area is 126 Å². The maximum Gasteiger partial charge on any atom is 0.128 e. The van der Waals surface area contributed by atoms with Gasteiger partial charge in [-0.3, -0.25) is 4.90 Å². The Balaban J connectivity index is 1.64. The lowest BCUT2D eigenvalue weighted by atomic mass is 10.0. The quantitative estimate of drug-likeness (QED) is 0.860. The summed E-state index contributed by atoms with van der Waals surface area (Å²) < 4.78 is 2.09. The zero-order valence-electron chi connectivity index (χ0n) is 12.8. The van der Waals surface area contributed by atoms with Gasteiger partial charge in [-0.15, -0.1) is 0 Å². The fraction of sp³-hybridized carbons (Fsp3) is 0.500. The van der Waals surface area contributed by atoms with Crippen LogP contribution in [0.3, 0.4) is 0 Å². The first kappa shape index (κ1) is 14.1. The summed E-state index contributed by atoms with van der Waals surface area (Å²) in [4.78, 5) is 13.7. The van der Waals surface area contributed by atoms with Crippen LogP contribution in [0.2, 0.25) is 0 Å². The van der Waals surface area contributed by atoms with Crippen molar-refractivity contribution < 1.29 is 0 Å². The van der Waals surface area contributed by atoms with E-state index in [4.69, 9.17) is 0 Å². The molecule has 1 saturated heterocycles. The van der Waals surface area contributed by atoms with E-state index in [2.05, 4.69) is 50.6 Å². The number of aromatic nitrogens is 3. The fourth-order valence-electron chi connectivity index (χ4n) is 2.96. The van der Waals surface area contributed by atoms with Gasteiger partial charge in [0.05, 0.1) is 6.54 Å². The van der Waals surface area contributed by atoms with Crippen molar-refractivity contribution in [3.8, 4) is 0 Å². The number of pyridine rings is 1. The summed E-state index contributed by atoms with van der Waals surface area (Å²) in [7, 11) is 4.25. The van der Waals surface area contributed by atoms with Crippen molar-refractivity contribution in [2.75, 3.05) is 25.0 Å². The van der Waals surface area contributed by atoms with Crippen molar-refractivity contribution >= 4 is 5.82 Å². The molecule has 21 heavy (non-hydrogen) atoms. The Morgan fingerprint density at radius 3 is 2.90 bits per heavy atom. The lowest BCUT2D eigenvalue weighted by molar-refractivity contribution is 0.201. The molecule has 5 nitrogen and oxygen atoms in total. The smallest absolute Gasteiger partial charge is 0.128 e. The third-order valence-electron chi connectivity index (χ3n) is 4.30. The fourth-order valence-corrected chi connectivity index (χ4v) is 2.96. The number of piperidine rings is 1. The van der Waals surface area contributed by atoms with Gasteiger partial charge in [0, 0.05) is 44.8 Å². The van der Waals surface area contributed by atoms with Gasteiger partial charge in [0.2, 0.25) is 0 Å². The van der Waals surface area contributed by atoms with E-state index in [0.717, 1.165) is 31.3 Å². The highest BCUT2D eigenvalue weighted by molar-refractivity contribution is 5.38. The van der Waals surface area contributed by atoms with Crippen LogP contribution in [0.15, 0.2) is 36.8 Å². The number of anilines is 1. The second kappa shape index (κ2) is 6.26. The van der Waals surface area contributed by atoms with E-state index in [9.17, 15) is 0 Å². The van der Waals surface area contributed by atoms with Crippen molar-refractivity contribution in [3.05, 3.63) is 42.6 Å². The van der Waals surface area contributed by atoms with Crippen LogP contribution in [-0.2, 0) is 13.6 Å². The highest BCUT2D eigenvalue weighted by Crippen LogP contribution is 2.20. The summed E-state index contributed by atoms with van der Waals surface area (Å²) in [5, 5.41) is 0. The van der Waals surface area contributed by atoms with Gasteiger partial charge in [0.25, 0.3) is 0 Å². The first-order valence-corrected chi connectivity index (χ1v) is 7.56. The molecular weight excluding hydrogens is 262 g/mol. The summed E-state index contributed by atoms with van der Waals surface area (Å²) in [6, 6.07) is 6.68.